The number of benzene rings is 2. The smallest absolute Gasteiger partial charge is 0.336 e. The van der Waals surface area contributed by atoms with Crippen molar-refractivity contribution in [2.75, 3.05) is 18.1 Å². The van der Waals surface area contributed by atoms with Crippen LogP contribution in [0, 0.1) is 13.8 Å². The fourth-order valence-corrected chi connectivity index (χ4v) is 3.44. The summed E-state index contributed by atoms with van der Waals surface area (Å²) < 4.78 is 32.4. The van der Waals surface area contributed by atoms with Crippen molar-refractivity contribution in [3.05, 3.63) is 53.6 Å². The lowest BCUT2D eigenvalue weighted by atomic mass is 10.2. The van der Waals surface area contributed by atoms with E-state index in [1.54, 1.807) is 24.3 Å². The number of aryl methyl sites for hydroxylation is 2. The summed E-state index contributed by atoms with van der Waals surface area (Å²) in [6.07, 6.45) is 0. The number of hydrogen-bond acceptors (Lipinski definition) is 4. The van der Waals surface area contributed by atoms with Gasteiger partial charge in [-0.1, -0.05) is 23.8 Å². The Balaban J connectivity index is 1.86. The summed E-state index contributed by atoms with van der Waals surface area (Å²) in [5.74, 6) is 0.565. The fraction of sp³-hybridized carbons (Fsp3) is 0.235. The quantitative estimate of drug-likeness (QED) is 0.907. The summed E-state index contributed by atoms with van der Waals surface area (Å²) in [6, 6.07) is 11.1. The van der Waals surface area contributed by atoms with Gasteiger partial charge in [-0.3, -0.25) is 4.90 Å². The van der Waals surface area contributed by atoms with Crippen LogP contribution in [0.4, 0.5) is 10.5 Å². The Hall–Kier alpha value is -2.54. The molecule has 1 N–H and O–H groups in total. The molecule has 0 saturated carbocycles. The topological polar surface area (TPSA) is 75.7 Å². The average Bonchev–Trinajstić information content (AvgIpc) is 2.54. The Labute approximate surface area is 141 Å². The number of rotatable bonds is 2. The first-order valence-corrected chi connectivity index (χ1v) is 8.99. The van der Waals surface area contributed by atoms with Gasteiger partial charge in [0.15, 0.2) is 0 Å². The van der Waals surface area contributed by atoms with Crippen molar-refractivity contribution >= 4 is 21.7 Å². The maximum Gasteiger partial charge on any atom is 0.336 e. The Kier molecular flexibility index (Phi) is 4.19. The zero-order valence-corrected chi connectivity index (χ0v) is 14.3. The van der Waals surface area contributed by atoms with Crippen LogP contribution in [-0.2, 0) is 10.0 Å². The Morgan fingerprint density at radius 2 is 1.75 bits per heavy atom. The minimum absolute atomic E-state index is 0.0548. The number of carbonyl (C=O) groups is 1. The summed E-state index contributed by atoms with van der Waals surface area (Å²) in [5.41, 5.74) is 2.47. The van der Waals surface area contributed by atoms with Gasteiger partial charge in [0.05, 0.1) is 17.1 Å². The molecule has 0 aliphatic carbocycles. The third-order valence-corrected chi connectivity index (χ3v) is 5.11. The van der Waals surface area contributed by atoms with Crippen molar-refractivity contribution in [2.24, 2.45) is 0 Å². The van der Waals surface area contributed by atoms with E-state index in [1.165, 1.54) is 17.0 Å². The van der Waals surface area contributed by atoms with Crippen LogP contribution < -0.4 is 14.4 Å². The molecule has 0 radical (unpaired) electrons. The normalized spacial score (nSPS) is 13.8. The molecule has 1 heterocycles. The van der Waals surface area contributed by atoms with Gasteiger partial charge in [0, 0.05) is 0 Å². The summed E-state index contributed by atoms with van der Waals surface area (Å²) in [4.78, 5) is 13.9. The van der Waals surface area contributed by atoms with E-state index in [0.29, 0.717) is 18.0 Å². The van der Waals surface area contributed by atoms with Crippen LogP contribution in [0.1, 0.15) is 11.1 Å². The van der Waals surface area contributed by atoms with E-state index in [1.807, 2.05) is 19.9 Å². The van der Waals surface area contributed by atoms with Gasteiger partial charge >= 0.3 is 6.03 Å². The standard InChI is InChI=1S/C17H18N2O4S/c1-12-3-6-14(7-4-12)24(21,22)18-17(20)19-9-10-23-16-8-5-13(2)11-15(16)19/h3-8,11H,9-10H2,1-2H3,(H,18,20). The van der Waals surface area contributed by atoms with Gasteiger partial charge in [0.25, 0.3) is 10.0 Å². The van der Waals surface area contributed by atoms with Crippen molar-refractivity contribution in [3.63, 3.8) is 0 Å². The van der Waals surface area contributed by atoms with Crippen LogP contribution in [0.25, 0.3) is 0 Å². The number of hydrogen-bond donors (Lipinski definition) is 1. The number of nitrogens with zero attached hydrogens (tertiary/aromatic N) is 1. The van der Waals surface area contributed by atoms with Gasteiger partial charge in [-0.25, -0.2) is 17.9 Å². The van der Waals surface area contributed by atoms with E-state index in [0.717, 1.165) is 11.1 Å². The zero-order valence-electron chi connectivity index (χ0n) is 13.4. The second kappa shape index (κ2) is 6.16. The molecule has 0 saturated heterocycles. The summed E-state index contributed by atoms with van der Waals surface area (Å²) >= 11 is 0. The number of urea groups is 1. The largest absolute Gasteiger partial charge is 0.490 e. The second-order valence-corrected chi connectivity index (χ2v) is 7.38. The van der Waals surface area contributed by atoms with Gasteiger partial charge in [-0.2, -0.15) is 0 Å². The molecule has 0 unspecified atom stereocenters. The summed E-state index contributed by atoms with van der Waals surface area (Å²) in [6.45, 7) is 4.36. The lowest BCUT2D eigenvalue weighted by Gasteiger charge is -2.29. The first-order chi connectivity index (χ1) is 11.4. The molecule has 126 valence electrons. The van der Waals surface area contributed by atoms with Gasteiger partial charge in [0.1, 0.15) is 12.4 Å². The Morgan fingerprint density at radius 3 is 2.46 bits per heavy atom. The maximum atomic E-state index is 12.5. The van der Waals surface area contributed by atoms with Crippen molar-refractivity contribution < 1.29 is 17.9 Å². The van der Waals surface area contributed by atoms with Crippen molar-refractivity contribution in [2.45, 2.75) is 18.7 Å². The molecule has 0 fully saturated rings. The summed E-state index contributed by atoms with van der Waals surface area (Å²) in [7, 11) is -3.92. The van der Waals surface area contributed by atoms with Crippen molar-refractivity contribution in [3.8, 4) is 5.75 Å². The second-order valence-electron chi connectivity index (χ2n) is 5.69. The molecule has 0 atom stereocenters. The molecule has 2 aromatic rings. The highest BCUT2D eigenvalue weighted by molar-refractivity contribution is 7.90. The van der Waals surface area contributed by atoms with Gasteiger partial charge in [-0.15, -0.1) is 0 Å². The Morgan fingerprint density at radius 1 is 1.08 bits per heavy atom. The molecule has 2 aromatic carbocycles. The van der Waals surface area contributed by atoms with Crippen LogP contribution in [0.15, 0.2) is 47.4 Å². The van der Waals surface area contributed by atoms with Crippen LogP contribution in [-0.4, -0.2) is 27.6 Å². The van der Waals surface area contributed by atoms with Crippen LogP contribution in [0.2, 0.25) is 0 Å². The van der Waals surface area contributed by atoms with Gasteiger partial charge in [-0.05, 0) is 43.7 Å². The van der Waals surface area contributed by atoms with E-state index >= 15 is 0 Å². The SMILES string of the molecule is Cc1ccc(S(=O)(=O)NC(=O)N2CCOc3ccc(C)cc32)cc1. The lowest BCUT2D eigenvalue weighted by molar-refractivity contribution is 0.244. The Bertz CT molecular complexity index is 876. The number of amides is 2. The van der Waals surface area contributed by atoms with Crippen molar-refractivity contribution in [1.29, 1.82) is 0 Å². The predicted molar refractivity (Wildman–Crippen MR) is 90.9 cm³/mol. The summed E-state index contributed by atoms with van der Waals surface area (Å²) in [5, 5.41) is 0. The minimum Gasteiger partial charge on any atom is -0.490 e. The molecular weight excluding hydrogens is 328 g/mol. The molecule has 1 aliphatic heterocycles. The fourth-order valence-electron chi connectivity index (χ4n) is 2.49. The third-order valence-electron chi connectivity index (χ3n) is 3.78. The number of fused-ring (bicyclic) bond motifs is 1. The van der Waals surface area contributed by atoms with E-state index in [9.17, 15) is 13.2 Å². The monoisotopic (exact) mass is 346 g/mol. The minimum atomic E-state index is -3.92. The molecule has 2 amide bonds. The first kappa shape index (κ1) is 16.3. The molecule has 0 bridgehead atoms. The molecule has 6 nitrogen and oxygen atoms in total. The van der Waals surface area contributed by atoms with Crippen LogP contribution in [0.3, 0.4) is 0 Å². The highest BCUT2D eigenvalue weighted by Gasteiger charge is 2.27. The number of sulfonamides is 1. The van der Waals surface area contributed by atoms with Crippen LogP contribution >= 0.6 is 0 Å². The highest BCUT2D eigenvalue weighted by atomic mass is 32.2. The number of carbonyl (C=O) groups excluding carboxylic acids is 1. The predicted octanol–water partition coefficient (Wildman–Crippen LogP) is 2.60. The average molecular weight is 346 g/mol. The van der Waals surface area contributed by atoms with E-state index < -0.39 is 16.1 Å². The number of nitrogens with one attached hydrogen (secondary N) is 1. The van der Waals surface area contributed by atoms with Crippen molar-refractivity contribution in [1.82, 2.24) is 4.72 Å². The highest BCUT2D eigenvalue weighted by Crippen LogP contribution is 2.32. The van der Waals surface area contributed by atoms with E-state index in [4.69, 9.17) is 4.74 Å². The van der Waals surface area contributed by atoms with E-state index in [2.05, 4.69) is 4.72 Å². The maximum absolute atomic E-state index is 12.5. The molecule has 1 aliphatic rings. The lowest BCUT2D eigenvalue weighted by Crippen LogP contribution is -2.46. The number of ether oxygens (including phenoxy) is 1. The molecule has 24 heavy (non-hydrogen) atoms. The third kappa shape index (κ3) is 3.21. The molecule has 0 aromatic heterocycles. The molecule has 3 rings (SSSR count). The molecule has 0 spiro atoms. The number of anilines is 1. The molecular formula is C17H18N2O4S. The van der Waals surface area contributed by atoms with Gasteiger partial charge in [0.2, 0.25) is 0 Å². The van der Waals surface area contributed by atoms with Gasteiger partial charge < -0.3 is 4.74 Å². The molecule has 7 heteroatoms. The van der Waals surface area contributed by atoms with Crippen LogP contribution in [0.5, 0.6) is 5.75 Å². The first-order valence-electron chi connectivity index (χ1n) is 7.51. The zero-order chi connectivity index (χ0) is 17.3. The van der Waals surface area contributed by atoms with E-state index in [-0.39, 0.29) is 11.4 Å².